The number of carbonyl (C=O) groups is 1. The smallest absolute Gasteiger partial charge is 0.272 e. The van der Waals surface area contributed by atoms with E-state index in [4.69, 9.17) is 27.9 Å². The van der Waals surface area contributed by atoms with Crippen LogP contribution in [0, 0.1) is 0 Å². The van der Waals surface area contributed by atoms with Crippen molar-refractivity contribution < 1.29 is 18.3 Å². The molecule has 0 aliphatic carbocycles. The van der Waals surface area contributed by atoms with Crippen LogP contribution in [0.15, 0.2) is 24.5 Å². The maximum atomic E-state index is 12.6. The molecule has 3 rings (SSSR count). The summed E-state index contributed by atoms with van der Waals surface area (Å²) in [5.41, 5.74) is 1.85. The molecule has 0 radical (unpaired) electrons. The Labute approximate surface area is 152 Å². The fraction of sp³-hybridized carbons (Fsp3) is 0.312. The number of fused-ring (bicyclic) bond motifs is 1. The highest BCUT2D eigenvalue weighted by Crippen LogP contribution is 2.38. The lowest BCUT2D eigenvalue weighted by Gasteiger charge is -2.22. The number of halogens is 4. The van der Waals surface area contributed by atoms with E-state index in [9.17, 15) is 13.6 Å². The first-order chi connectivity index (χ1) is 11.9. The fourth-order valence-electron chi connectivity index (χ4n) is 2.72. The van der Waals surface area contributed by atoms with Gasteiger partial charge in [0.25, 0.3) is 12.3 Å². The molecule has 1 aliphatic heterocycles. The number of nitrogens with zero attached hydrogens (tertiary/aromatic N) is 3. The highest BCUT2D eigenvalue weighted by Gasteiger charge is 2.36. The Balaban J connectivity index is 1.78. The van der Waals surface area contributed by atoms with Gasteiger partial charge in [0.2, 0.25) is 5.88 Å². The predicted octanol–water partition coefficient (Wildman–Crippen LogP) is 4.14. The number of hydrogen-bond donors (Lipinski definition) is 0. The molecule has 0 saturated heterocycles. The first-order valence-electron chi connectivity index (χ1n) is 7.39. The topological polar surface area (TPSA) is 55.3 Å². The minimum Gasteiger partial charge on any atom is -0.471 e. The van der Waals surface area contributed by atoms with Gasteiger partial charge in [0.1, 0.15) is 10.2 Å². The zero-order valence-electron chi connectivity index (χ0n) is 13.0. The molecular weight excluding hydrogens is 375 g/mol. The second kappa shape index (κ2) is 7.09. The van der Waals surface area contributed by atoms with Crippen LogP contribution in [0.25, 0.3) is 0 Å². The number of rotatable bonds is 5. The molecule has 0 fully saturated rings. The maximum Gasteiger partial charge on any atom is 0.272 e. The quantitative estimate of drug-likeness (QED) is 0.723. The Morgan fingerprint density at radius 1 is 1.36 bits per heavy atom. The lowest BCUT2D eigenvalue weighted by Crippen LogP contribution is -2.26. The van der Waals surface area contributed by atoms with E-state index in [-0.39, 0.29) is 29.4 Å². The van der Waals surface area contributed by atoms with Crippen molar-refractivity contribution in [2.75, 3.05) is 6.61 Å². The average molecular weight is 388 g/mol. The Bertz CT molecular complexity index is 820. The van der Waals surface area contributed by atoms with Crippen LogP contribution in [0.4, 0.5) is 8.78 Å². The van der Waals surface area contributed by atoms with Crippen molar-refractivity contribution in [3.8, 4) is 5.88 Å². The molecule has 2 aromatic heterocycles. The third-order valence-electron chi connectivity index (χ3n) is 3.88. The number of alkyl halides is 2. The summed E-state index contributed by atoms with van der Waals surface area (Å²) < 4.78 is 29.2. The van der Waals surface area contributed by atoms with Crippen molar-refractivity contribution in [2.45, 2.75) is 25.9 Å². The van der Waals surface area contributed by atoms with Gasteiger partial charge in [0, 0.05) is 30.1 Å². The third kappa shape index (κ3) is 3.52. The Hall–Kier alpha value is -1.99. The van der Waals surface area contributed by atoms with Gasteiger partial charge in [-0.2, -0.15) is 0 Å². The molecular formula is C16H13Cl2F2N3O2. The largest absolute Gasteiger partial charge is 0.471 e. The van der Waals surface area contributed by atoms with E-state index in [2.05, 4.69) is 9.97 Å². The molecule has 9 heteroatoms. The summed E-state index contributed by atoms with van der Waals surface area (Å²) in [6, 6.07) is 2.92. The van der Waals surface area contributed by atoms with E-state index in [0.717, 1.165) is 0 Å². The van der Waals surface area contributed by atoms with E-state index >= 15 is 0 Å². The number of aromatic nitrogens is 2. The van der Waals surface area contributed by atoms with Crippen molar-refractivity contribution in [3.63, 3.8) is 0 Å². The Morgan fingerprint density at radius 3 is 2.76 bits per heavy atom. The van der Waals surface area contributed by atoms with Crippen molar-refractivity contribution in [1.82, 2.24) is 14.9 Å². The summed E-state index contributed by atoms with van der Waals surface area (Å²) in [7, 11) is 0. The summed E-state index contributed by atoms with van der Waals surface area (Å²) in [4.78, 5) is 22.1. The lowest BCUT2D eigenvalue weighted by molar-refractivity contribution is 0.0721. The molecule has 1 atom stereocenters. The molecule has 5 nitrogen and oxygen atoms in total. The Morgan fingerprint density at radius 2 is 2.12 bits per heavy atom. The molecule has 1 aliphatic rings. The fourth-order valence-corrected chi connectivity index (χ4v) is 3.28. The molecule has 0 saturated carbocycles. The van der Waals surface area contributed by atoms with E-state index in [1.165, 1.54) is 18.5 Å². The second-order valence-electron chi connectivity index (χ2n) is 5.50. The van der Waals surface area contributed by atoms with Crippen molar-refractivity contribution in [1.29, 1.82) is 0 Å². The number of pyridine rings is 2. The van der Waals surface area contributed by atoms with E-state index in [0.29, 0.717) is 21.8 Å². The van der Waals surface area contributed by atoms with Gasteiger partial charge < -0.3 is 9.64 Å². The summed E-state index contributed by atoms with van der Waals surface area (Å²) >= 11 is 12.1. The van der Waals surface area contributed by atoms with Crippen LogP contribution >= 0.6 is 23.2 Å². The number of carbonyl (C=O) groups excluding carboxylic acids is 1. The summed E-state index contributed by atoms with van der Waals surface area (Å²) in [6.07, 6.45) is 0.316. The van der Waals surface area contributed by atoms with Crippen LogP contribution in [0.1, 0.15) is 34.5 Å². The normalized spacial score (nSPS) is 16.5. The van der Waals surface area contributed by atoms with Gasteiger partial charge in [0.15, 0.2) is 6.61 Å². The molecule has 0 N–H and O–H groups in total. The summed E-state index contributed by atoms with van der Waals surface area (Å²) in [6.45, 7) is 1.31. The number of amides is 1. The molecule has 25 heavy (non-hydrogen) atoms. The van der Waals surface area contributed by atoms with Gasteiger partial charge in [-0.25, -0.2) is 18.7 Å². The molecule has 0 spiro atoms. The van der Waals surface area contributed by atoms with Crippen LogP contribution in [-0.4, -0.2) is 33.8 Å². The van der Waals surface area contributed by atoms with Crippen molar-refractivity contribution >= 4 is 29.1 Å². The molecule has 132 valence electrons. The highest BCUT2D eigenvalue weighted by molar-refractivity contribution is 6.32. The number of ether oxygens (including phenoxy) is 1. The Kier molecular flexibility index (Phi) is 5.06. The first-order valence-corrected chi connectivity index (χ1v) is 8.14. The van der Waals surface area contributed by atoms with Crippen LogP contribution in [0.2, 0.25) is 10.2 Å². The average Bonchev–Trinajstić information content (AvgIpc) is 2.80. The van der Waals surface area contributed by atoms with Crippen LogP contribution in [-0.2, 0) is 6.54 Å². The molecule has 3 heterocycles. The molecule has 0 bridgehead atoms. The standard InChI is InChI=1S/C16H13Cl2F2N3O2/c1-8-13-10(2-3-21-14(13)18)16(24)23(8)6-9-4-11(17)15(22-5-9)25-7-12(19)20/h2-5,8,12H,6-7H2,1H3. The molecule has 1 amide bonds. The minimum absolute atomic E-state index is 0.0676. The SMILES string of the molecule is CC1c2c(ccnc2Cl)C(=O)N1Cc1cnc(OCC(F)F)c(Cl)c1. The van der Waals surface area contributed by atoms with Gasteiger partial charge in [-0.15, -0.1) is 0 Å². The first kappa shape index (κ1) is 17.8. The second-order valence-corrected chi connectivity index (χ2v) is 6.27. The maximum absolute atomic E-state index is 12.6. The zero-order valence-corrected chi connectivity index (χ0v) is 14.6. The summed E-state index contributed by atoms with van der Waals surface area (Å²) in [5.74, 6) is -0.233. The van der Waals surface area contributed by atoms with Crippen molar-refractivity contribution in [3.05, 3.63) is 51.4 Å². The van der Waals surface area contributed by atoms with Gasteiger partial charge in [0.05, 0.1) is 6.04 Å². The van der Waals surface area contributed by atoms with Gasteiger partial charge in [-0.3, -0.25) is 4.79 Å². The highest BCUT2D eigenvalue weighted by atomic mass is 35.5. The van der Waals surface area contributed by atoms with E-state index in [1.807, 2.05) is 6.92 Å². The van der Waals surface area contributed by atoms with E-state index < -0.39 is 13.0 Å². The van der Waals surface area contributed by atoms with Crippen LogP contribution in [0.3, 0.4) is 0 Å². The monoisotopic (exact) mass is 387 g/mol. The predicted molar refractivity (Wildman–Crippen MR) is 88.3 cm³/mol. The molecule has 2 aromatic rings. The van der Waals surface area contributed by atoms with Gasteiger partial charge >= 0.3 is 0 Å². The third-order valence-corrected chi connectivity index (χ3v) is 4.45. The van der Waals surface area contributed by atoms with Crippen LogP contribution in [0.5, 0.6) is 5.88 Å². The number of hydrogen-bond acceptors (Lipinski definition) is 4. The molecule has 0 aromatic carbocycles. The van der Waals surface area contributed by atoms with Gasteiger partial charge in [-0.1, -0.05) is 23.2 Å². The summed E-state index contributed by atoms with van der Waals surface area (Å²) in [5, 5.41) is 0.405. The van der Waals surface area contributed by atoms with Crippen molar-refractivity contribution in [2.24, 2.45) is 0 Å². The minimum atomic E-state index is -2.61. The lowest BCUT2D eigenvalue weighted by atomic mass is 10.1. The van der Waals surface area contributed by atoms with Crippen LogP contribution < -0.4 is 4.74 Å². The van der Waals surface area contributed by atoms with Gasteiger partial charge in [-0.05, 0) is 24.6 Å². The zero-order chi connectivity index (χ0) is 18.1. The van der Waals surface area contributed by atoms with E-state index in [1.54, 1.807) is 11.0 Å². The molecule has 1 unspecified atom stereocenters.